The summed E-state index contributed by atoms with van der Waals surface area (Å²) in [6.07, 6.45) is 6.80. The molecule has 0 heterocycles. The largest absolute Gasteiger partial charge is 0.508 e. The van der Waals surface area contributed by atoms with Crippen LogP contribution in [0.1, 0.15) is 18.4 Å². The molecule has 0 aromatic heterocycles. The topological polar surface area (TPSA) is 52.5 Å². The van der Waals surface area contributed by atoms with E-state index in [9.17, 15) is 5.11 Å². The van der Waals surface area contributed by atoms with Gasteiger partial charge in [0.2, 0.25) is 0 Å². The first-order valence-electron chi connectivity index (χ1n) is 4.89. The fraction of sp³-hybridized carbons (Fsp3) is 0.333. The normalized spacial score (nSPS) is 9.80. The molecule has 3 nitrogen and oxygen atoms in total. The zero-order valence-corrected chi connectivity index (χ0v) is 8.53. The molecule has 15 heavy (non-hydrogen) atoms. The molecule has 0 saturated carbocycles. The van der Waals surface area contributed by atoms with Crippen LogP contribution in [0.3, 0.4) is 0 Å². The predicted molar refractivity (Wildman–Crippen MR) is 59.5 cm³/mol. The minimum absolute atomic E-state index is 0.0728. The highest BCUT2D eigenvalue weighted by Crippen LogP contribution is 2.22. The second-order valence-corrected chi connectivity index (χ2v) is 3.30. The third kappa shape index (κ3) is 3.92. The van der Waals surface area contributed by atoms with Crippen molar-refractivity contribution < 1.29 is 10.2 Å². The Balaban J connectivity index is 2.35. The molecule has 0 bridgehead atoms. The fourth-order valence-electron chi connectivity index (χ4n) is 1.24. The number of benzene rings is 1. The molecule has 0 aliphatic rings. The average molecular weight is 205 g/mol. The maximum atomic E-state index is 9.46. The molecular formula is C12H15NO2. The van der Waals surface area contributed by atoms with Gasteiger partial charge in [-0.25, -0.2) is 0 Å². The van der Waals surface area contributed by atoms with Gasteiger partial charge < -0.3 is 15.5 Å². The molecule has 1 rings (SSSR count). The number of nitrogens with one attached hydrogen (secondary N) is 1. The van der Waals surface area contributed by atoms with Crippen molar-refractivity contribution in [2.75, 3.05) is 6.54 Å². The number of unbranched alkanes of at least 4 members (excludes halogenated alkanes) is 1. The average Bonchev–Trinajstić information content (AvgIpc) is 2.20. The first-order chi connectivity index (χ1) is 7.24. The molecule has 0 aliphatic heterocycles. The Morgan fingerprint density at radius 1 is 1.33 bits per heavy atom. The summed E-state index contributed by atoms with van der Waals surface area (Å²) in [5.41, 5.74) is 0.772. The second-order valence-electron chi connectivity index (χ2n) is 3.30. The lowest BCUT2D eigenvalue weighted by Gasteiger charge is -2.06. The maximum Gasteiger partial charge on any atom is 0.123 e. The van der Waals surface area contributed by atoms with Crippen molar-refractivity contribution in [1.82, 2.24) is 5.32 Å². The number of phenols is 2. The summed E-state index contributed by atoms with van der Waals surface area (Å²) in [4.78, 5) is 0. The van der Waals surface area contributed by atoms with Crippen LogP contribution < -0.4 is 5.32 Å². The number of phenolic OH excluding ortho intramolecular Hbond substituents is 2. The summed E-state index contributed by atoms with van der Waals surface area (Å²) in [6, 6.07) is 4.58. The second kappa shape index (κ2) is 5.94. The van der Waals surface area contributed by atoms with Gasteiger partial charge in [-0.2, -0.15) is 0 Å². The zero-order valence-electron chi connectivity index (χ0n) is 8.53. The monoisotopic (exact) mass is 205 g/mol. The summed E-state index contributed by atoms with van der Waals surface area (Å²) < 4.78 is 0. The van der Waals surface area contributed by atoms with Crippen LogP contribution in [0.5, 0.6) is 11.5 Å². The third-order valence-electron chi connectivity index (χ3n) is 2.06. The molecule has 0 aliphatic carbocycles. The molecule has 0 amide bonds. The lowest BCUT2D eigenvalue weighted by atomic mass is 10.2. The Bertz CT molecular complexity index is 355. The standard InChI is InChI=1S/C12H15NO2/c1-2-3-4-7-13-9-10-5-6-11(14)8-12(10)15/h1,5-6,8,13-15H,3-4,7,9H2. The van der Waals surface area contributed by atoms with E-state index in [1.807, 2.05) is 0 Å². The maximum absolute atomic E-state index is 9.46. The third-order valence-corrected chi connectivity index (χ3v) is 2.06. The van der Waals surface area contributed by atoms with Gasteiger partial charge in [0.25, 0.3) is 0 Å². The molecule has 3 N–H and O–H groups in total. The van der Waals surface area contributed by atoms with E-state index in [2.05, 4.69) is 11.2 Å². The van der Waals surface area contributed by atoms with Crippen molar-refractivity contribution in [2.45, 2.75) is 19.4 Å². The van der Waals surface area contributed by atoms with Gasteiger partial charge in [-0.15, -0.1) is 12.3 Å². The van der Waals surface area contributed by atoms with E-state index in [0.29, 0.717) is 6.54 Å². The summed E-state index contributed by atoms with van der Waals surface area (Å²) in [5.74, 6) is 2.75. The first kappa shape index (κ1) is 11.4. The molecule has 0 spiro atoms. The van der Waals surface area contributed by atoms with E-state index in [-0.39, 0.29) is 11.5 Å². The lowest BCUT2D eigenvalue weighted by molar-refractivity contribution is 0.443. The zero-order chi connectivity index (χ0) is 11.1. The lowest BCUT2D eigenvalue weighted by Crippen LogP contribution is -2.14. The van der Waals surface area contributed by atoms with Crippen LogP contribution in [0.25, 0.3) is 0 Å². The fourth-order valence-corrected chi connectivity index (χ4v) is 1.24. The van der Waals surface area contributed by atoms with E-state index in [0.717, 1.165) is 24.9 Å². The van der Waals surface area contributed by atoms with E-state index in [1.54, 1.807) is 12.1 Å². The van der Waals surface area contributed by atoms with Gasteiger partial charge in [-0.3, -0.25) is 0 Å². The van der Waals surface area contributed by atoms with Crippen molar-refractivity contribution in [3.63, 3.8) is 0 Å². The first-order valence-corrected chi connectivity index (χ1v) is 4.89. The van der Waals surface area contributed by atoms with Crippen molar-refractivity contribution in [3.8, 4) is 23.8 Å². The number of rotatable bonds is 5. The Morgan fingerprint density at radius 3 is 2.80 bits per heavy atom. The highest BCUT2D eigenvalue weighted by molar-refractivity contribution is 5.38. The van der Waals surface area contributed by atoms with Gasteiger partial charge in [0.1, 0.15) is 11.5 Å². The molecule has 0 atom stereocenters. The van der Waals surface area contributed by atoms with Crippen LogP contribution in [-0.2, 0) is 6.54 Å². The van der Waals surface area contributed by atoms with Crippen molar-refractivity contribution in [3.05, 3.63) is 23.8 Å². The van der Waals surface area contributed by atoms with E-state index < -0.39 is 0 Å². The molecular weight excluding hydrogens is 190 g/mol. The Kier molecular flexibility index (Phi) is 4.52. The van der Waals surface area contributed by atoms with Gasteiger partial charge in [-0.1, -0.05) is 6.07 Å². The molecule has 3 heteroatoms. The van der Waals surface area contributed by atoms with Gasteiger partial charge in [0.05, 0.1) is 0 Å². The van der Waals surface area contributed by atoms with E-state index in [4.69, 9.17) is 11.5 Å². The summed E-state index contributed by atoms with van der Waals surface area (Å²) >= 11 is 0. The minimum atomic E-state index is 0.0728. The highest BCUT2D eigenvalue weighted by atomic mass is 16.3. The SMILES string of the molecule is C#CCCCNCc1ccc(O)cc1O. The predicted octanol–water partition coefficient (Wildman–Crippen LogP) is 1.60. The summed E-state index contributed by atoms with van der Waals surface area (Å²) in [5, 5.41) is 21.7. The van der Waals surface area contributed by atoms with Crippen molar-refractivity contribution >= 4 is 0 Å². The van der Waals surface area contributed by atoms with Crippen molar-refractivity contribution in [2.24, 2.45) is 0 Å². The quantitative estimate of drug-likeness (QED) is 0.505. The van der Waals surface area contributed by atoms with Crippen LogP contribution in [0, 0.1) is 12.3 Å². The van der Waals surface area contributed by atoms with Gasteiger partial charge in [0.15, 0.2) is 0 Å². The molecule has 1 aromatic carbocycles. The number of aromatic hydroxyl groups is 2. The highest BCUT2D eigenvalue weighted by Gasteiger charge is 2.00. The van der Waals surface area contributed by atoms with E-state index in [1.165, 1.54) is 6.07 Å². The molecule has 0 saturated heterocycles. The minimum Gasteiger partial charge on any atom is -0.508 e. The van der Waals surface area contributed by atoms with E-state index >= 15 is 0 Å². The van der Waals surface area contributed by atoms with Crippen LogP contribution in [0.4, 0.5) is 0 Å². The van der Waals surface area contributed by atoms with Crippen LogP contribution in [-0.4, -0.2) is 16.8 Å². The van der Waals surface area contributed by atoms with Gasteiger partial charge in [-0.05, 0) is 19.0 Å². The molecule has 0 radical (unpaired) electrons. The number of terminal acetylenes is 1. The summed E-state index contributed by atoms with van der Waals surface area (Å²) in [6.45, 7) is 1.40. The number of hydrogen-bond donors (Lipinski definition) is 3. The van der Waals surface area contributed by atoms with Crippen LogP contribution >= 0.6 is 0 Å². The number of hydrogen-bond acceptors (Lipinski definition) is 3. The van der Waals surface area contributed by atoms with Crippen LogP contribution in [0.15, 0.2) is 18.2 Å². The Hall–Kier alpha value is -1.66. The smallest absolute Gasteiger partial charge is 0.123 e. The Labute approximate surface area is 89.8 Å². The van der Waals surface area contributed by atoms with Gasteiger partial charge >= 0.3 is 0 Å². The Morgan fingerprint density at radius 2 is 2.13 bits per heavy atom. The van der Waals surface area contributed by atoms with Gasteiger partial charge in [0, 0.05) is 24.6 Å². The molecule has 0 fully saturated rings. The molecule has 80 valence electrons. The summed E-state index contributed by atoms with van der Waals surface area (Å²) in [7, 11) is 0. The van der Waals surface area contributed by atoms with Crippen molar-refractivity contribution in [1.29, 1.82) is 0 Å². The molecule has 1 aromatic rings. The molecule has 0 unspecified atom stereocenters. The van der Waals surface area contributed by atoms with Crippen LogP contribution in [0.2, 0.25) is 0 Å².